The van der Waals surface area contributed by atoms with Crippen LogP contribution >= 0.6 is 0 Å². The Morgan fingerprint density at radius 1 is 1.19 bits per heavy atom. The molecule has 8 heteroatoms. The number of sulfone groups is 1. The Morgan fingerprint density at radius 2 is 1.78 bits per heavy atom. The molecule has 1 aliphatic rings. The lowest BCUT2D eigenvalue weighted by atomic mass is 10.1. The van der Waals surface area contributed by atoms with Gasteiger partial charge in [-0.15, -0.1) is 0 Å². The smallest absolute Gasteiger partial charge is 0.411 e. The highest BCUT2D eigenvalue weighted by atomic mass is 32.2. The van der Waals surface area contributed by atoms with E-state index in [2.05, 4.69) is 0 Å². The molecule has 0 aliphatic carbocycles. The molecule has 150 valence electrons. The number of esters is 1. The molecule has 2 atom stereocenters. The predicted molar refractivity (Wildman–Crippen MR) is 100 cm³/mol. The van der Waals surface area contributed by atoms with Gasteiger partial charge in [0.05, 0.1) is 17.8 Å². The van der Waals surface area contributed by atoms with Crippen LogP contribution in [-0.2, 0) is 24.1 Å². The second kappa shape index (κ2) is 7.88. The maximum Gasteiger partial charge on any atom is 0.411 e. The van der Waals surface area contributed by atoms with Crippen LogP contribution in [0.4, 0.5) is 4.79 Å². The number of amides is 1. The Morgan fingerprint density at radius 3 is 2.30 bits per heavy atom. The summed E-state index contributed by atoms with van der Waals surface area (Å²) in [5.74, 6) is -1.10. The molecule has 1 saturated heterocycles. The van der Waals surface area contributed by atoms with Crippen molar-refractivity contribution >= 4 is 21.9 Å². The number of ether oxygens (including phenoxy) is 2. The largest absolute Gasteiger partial charge is 0.467 e. The first kappa shape index (κ1) is 21.2. The molecule has 27 heavy (non-hydrogen) atoms. The standard InChI is InChI=1S/C19H27NO6S/c1-13-6-8-15(9-7-13)27(23,24)12-14-10-16(17(21)25-5)20(11-14)18(22)26-19(2,3)4/h6-9,14,16H,10-12H2,1-5H3/t14-,16+/m0/s1. The third kappa shape index (κ3) is 5.45. The molecule has 1 heterocycles. The zero-order chi connectivity index (χ0) is 20.4. The number of carbonyl (C=O) groups excluding carboxylic acids is 2. The minimum atomic E-state index is -3.53. The van der Waals surface area contributed by atoms with Crippen molar-refractivity contribution in [1.82, 2.24) is 4.90 Å². The van der Waals surface area contributed by atoms with E-state index in [-0.39, 0.29) is 29.5 Å². The maximum atomic E-state index is 12.7. The van der Waals surface area contributed by atoms with Gasteiger partial charge in [-0.05, 0) is 52.2 Å². The average Bonchev–Trinajstić information content (AvgIpc) is 2.96. The van der Waals surface area contributed by atoms with E-state index in [1.54, 1.807) is 45.0 Å². The molecule has 2 rings (SSSR count). The quantitative estimate of drug-likeness (QED) is 0.726. The van der Waals surface area contributed by atoms with Crippen molar-refractivity contribution in [1.29, 1.82) is 0 Å². The van der Waals surface area contributed by atoms with Crippen LogP contribution in [0.15, 0.2) is 29.2 Å². The second-order valence-corrected chi connectivity index (χ2v) is 9.90. The van der Waals surface area contributed by atoms with Crippen LogP contribution in [0.5, 0.6) is 0 Å². The van der Waals surface area contributed by atoms with Crippen LogP contribution in [0.2, 0.25) is 0 Å². The number of hydrogen-bond donors (Lipinski definition) is 0. The number of carbonyl (C=O) groups is 2. The van der Waals surface area contributed by atoms with Gasteiger partial charge in [-0.25, -0.2) is 18.0 Å². The molecule has 0 bridgehead atoms. The molecule has 0 radical (unpaired) electrons. The second-order valence-electron chi connectivity index (χ2n) is 7.87. The highest BCUT2D eigenvalue weighted by molar-refractivity contribution is 7.91. The first-order valence-corrected chi connectivity index (χ1v) is 10.4. The number of rotatable bonds is 4. The fraction of sp³-hybridized carbons (Fsp3) is 0.579. The van der Waals surface area contributed by atoms with Gasteiger partial charge in [0.1, 0.15) is 11.6 Å². The number of nitrogens with zero attached hydrogens (tertiary/aromatic N) is 1. The molecule has 0 aromatic heterocycles. The zero-order valence-corrected chi connectivity index (χ0v) is 17.2. The van der Waals surface area contributed by atoms with E-state index >= 15 is 0 Å². The zero-order valence-electron chi connectivity index (χ0n) is 16.4. The molecule has 0 unspecified atom stereocenters. The maximum absolute atomic E-state index is 12.7. The van der Waals surface area contributed by atoms with E-state index < -0.39 is 33.5 Å². The summed E-state index contributed by atoms with van der Waals surface area (Å²) in [5, 5.41) is 0. The Labute approximate surface area is 160 Å². The molecular weight excluding hydrogens is 370 g/mol. The van der Waals surface area contributed by atoms with Gasteiger partial charge in [0.2, 0.25) is 0 Å². The fourth-order valence-corrected chi connectivity index (χ4v) is 4.68. The van der Waals surface area contributed by atoms with E-state index in [1.165, 1.54) is 12.0 Å². The Hall–Kier alpha value is -2.09. The van der Waals surface area contributed by atoms with Crippen LogP contribution in [0, 0.1) is 12.8 Å². The average molecular weight is 397 g/mol. The summed E-state index contributed by atoms with van der Waals surface area (Å²) in [7, 11) is -2.29. The number of aryl methyl sites for hydroxylation is 1. The van der Waals surface area contributed by atoms with Crippen LogP contribution in [0.1, 0.15) is 32.8 Å². The summed E-state index contributed by atoms with van der Waals surface area (Å²) in [5.41, 5.74) is 0.251. The van der Waals surface area contributed by atoms with Crippen LogP contribution in [-0.4, -0.2) is 56.4 Å². The molecule has 0 N–H and O–H groups in total. The van der Waals surface area contributed by atoms with Crippen molar-refractivity contribution in [2.75, 3.05) is 19.4 Å². The molecule has 1 aromatic rings. The Bertz CT molecular complexity index is 794. The topological polar surface area (TPSA) is 90.0 Å². The van der Waals surface area contributed by atoms with Gasteiger partial charge in [-0.3, -0.25) is 4.90 Å². The molecule has 0 saturated carbocycles. The minimum Gasteiger partial charge on any atom is -0.467 e. The monoisotopic (exact) mass is 397 g/mol. The molecule has 1 fully saturated rings. The first-order chi connectivity index (χ1) is 12.4. The molecule has 1 amide bonds. The van der Waals surface area contributed by atoms with Crippen LogP contribution in [0.3, 0.4) is 0 Å². The summed E-state index contributed by atoms with van der Waals surface area (Å²) in [6, 6.07) is 5.78. The Kier molecular flexibility index (Phi) is 6.19. The molecular formula is C19H27NO6S. The fourth-order valence-electron chi connectivity index (χ4n) is 3.08. The number of methoxy groups -OCH3 is 1. The number of likely N-dealkylation sites (tertiary alicyclic amines) is 1. The van der Waals surface area contributed by atoms with Crippen molar-refractivity contribution in [2.45, 2.75) is 50.7 Å². The summed E-state index contributed by atoms with van der Waals surface area (Å²) in [6.45, 7) is 7.20. The third-order valence-corrected chi connectivity index (χ3v) is 6.22. The van der Waals surface area contributed by atoms with Gasteiger partial charge in [0.25, 0.3) is 0 Å². The lowest BCUT2D eigenvalue weighted by Crippen LogP contribution is -2.43. The number of hydrogen-bond acceptors (Lipinski definition) is 6. The normalized spacial score (nSPS) is 20.4. The summed E-state index contributed by atoms with van der Waals surface area (Å²) in [4.78, 5) is 26.1. The van der Waals surface area contributed by atoms with Crippen LogP contribution < -0.4 is 0 Å². The highest BCUT2D eigenvalue weighted by Gasteiger charge is 2.43. The van der Waals surface area contributed by atoms with Gasteiger partial charge in [0.15, 0.2) is 9.84 Å². The SMILES string of the molecule is COC(=O)[C@H]1C[C@H](CS(=O)(=O)c2ccc(C)cc2)CN1C(=O)OC(C)(C)C. The lowest BCUT2D eigenvalue weighted by molar-refractivity contribution is -0.145. The van der Waals surface area contributed by atoms with Gasteiger partial charge >= 0.3 is 12.1 Å². The van der Waals surface area contributed by atoms with E-state index in [0.29, 0.717) is 0 Å². The predicted octanol–water partition coefficient (Wildman–Crippen LogP) is 2.57. The van der Waals surface area contributed by atoms with Crippen LogP contribution in [0.25, 0.3) is 0 Å². The van der Waals surface area contributed by atoms with Crippen molar-refractivity contribution in [3.63, 3.8) is 0 Å². The Balaban J connectivity index is 2.18. The van der Waals surface area contributed by atoms with E-state index in [0.717, 1.165) is 5.56 Å². The van der Waals surface area contributed by atoms with Gasteiger partial charge in [-0.2, -0.15) is 0 Å². The molecule has 7 nitrogen and oxygen atoms in total. The van der Waals surface area contributed by atoms with E-state index in [4.69, 9.17) is 9.47 Å². The minimum absolute atomic E-state index is 0.125. The van der Waals surface area contributed by atoms with E-state index in [1.807, 2.05) is 6.92 Å². The van der Waals surface area contributed by atoms with E-state index in [9.17, 15) is 18.0 Å². The van der Waals surface area contributed by atoms with Crippen molar-refractivity contribution < 1.29 is 27.5 Å². The van der Waals surface area contributed by atoms with Gasteiger partial charge in [-0.1, -0.05) is 17.7 Å². The molecule has 1 aliphatic heterocycles. The summed E-state index contributed by atoms with van der Waals surface area (Å²) >= 11 is 0. The van der Waals surface area contributed by atoms with Gasteiger partial charge in [0, 0.05) is 6.54 Å². The van der Waals surface area contributed by atoms with Gasteiger partial charge < -0.3 is 9.47 Å². The summed E-state index contributed by atoms with van der Waals surface area (Å²) in [6.07, 6.45) is -0.426. The lowest BCUT2D eigenvalue weighted by Gasteiger charge is -2.27. The summed E-state index contributed by atoms with van der Waals surface area (Å²) < 4.78 is 35.5. The van der Waals surface area contributed by atoms with Crippen molar-refractivity contribution in [3.8, 4) is 0 Å². The van der Waals surface area contributed by atoms with Crippen molar-refractivity contribution in [3.05, 3.63) is 29.8 Å². The molecule has 0 spiro atoms. The highest BCUT2D eigenvalue weighted by Crippen LogP contribution is 2.29. The first-order valence-electron chi connectivity index (χ1n) is 8.80. The van der Waals surface area contributed by atoms with Crippen molar-refractivity contribution in [2.24, 2.45) is 5.92 Å². The number of benzene rings is 1. The molecule has 1 aromatic carbocycles. The third-order valence-electron chi connectivity index (χ3n) is 4.32.